The third-order valence-electron chi connectivity index (χ3n) is 11.0. The first-order valence-electron chi connectivity index (χ1n) is 21.8. The molecule has 4 aromatic rings. The summed E-state index contributed by atoms with van der Waals surface area (Å²) in [5, 5.41) is 3.35. The molecule has 0 radical (unpaired) electrons. The lowest BCUT2D eigenvalue weighted by molar-refractivity contribution is 0.363. The summed E-state index contributed by atoms with van der Waals surface area (Å²) in [7, 11) is -15.0. The maximum Gasteiger partial charge on any atom is 0.243 e. The van der Waals surface area contributed by atoms with Gasteiger partial charge in [0.2, 0.25) is 40.1 Å². The normalized spacial score (nSPS) is 12.9. The van der Waals surface area contributed by atoms with E-state index in [-0.39, 0.29) is 58.9 Å². The van der Waals surface area contributed by atoms with Crippen molar-refractivity contribution in [2.24, 2.45) is 0 Å². The molecule has 4 aromatic carbocycles. The van der Waals surface area contributed by atoms with Gasteiger partial charge >= 0.3 is 0 Å². The fraction of sp³-hybridized carbons (Fsp3) is 0.478. The molecular weight excluding hydrogens is 879 g/mol. The lowest BCUT2D eigenvalue weighted by Gasteiger charge is -2.24. The Hall–Kier alpha value is -3.52. The predicted octanol–water partition coefficient (Wildman–Crippen LogP) is 6.95. The summed E-state index contributed by atoms with van der Waals surface area (Å²) in [5.41, 5.74) is 3.81. The topological polar surface area (TPSA) is 162 Å². The largest absolute Gasteiger partial charge is 0.317 e. The molecule has 0 heterocycles. The van der Waals surface area contributed by atoms with Gasteiger partial charge in [0, 0.05) is 52.4 Å². The lowest BCUT2D eigenvalue weighted by Crippen LogP contribution is -2.36. The first-order valence-corrected chi connectivity index (χ1v) is 27.6. The molecule has 0 saturated heterocycles. The molecule has 0 atom stereocenters. The maximum absolute atomic E-state index is 13.9. The molecule has 0 fully saturated rings. The second-order valence-electron chi connectivity index (χ2n) is 15.9. The van der Waals surface area contributed by atoms with Crippen molar-refractivity contribution in [1.82, 2.24) is 22.5 Å². The molecular formula is C46H67N5O8S4. The van der Waals surface area contributed by atoms with Gasteiger partial charge in [0.15, 0.2) is 0 Å². The minimum absolute atomic E-state index is 0.198. The minimum atomic E-state index is -3.83. The number of rotatable bonds is 28. The Labute approximate surface area is 378 Å². The highest BCUT2D eigenvalue weighted by Gasteiger charge is 2.27. The molecule has 63 heavy (non-hydrogen) atoms. The van der Waals surface area contributed by atoms with E-state index in [1.165, 1.54) is 17.2 Å². The molecule has 348 valence electrons. The van der Waals surface area contributed by atoms with Crippen LogP contribution in [-0.2, 0) is 40.1 Å². The van der Waals surface area contributed by atoms with Crippen LogP contribution >= 0.6 is 0 Å². The molecule has 0 aliphatic heterocycles. The van der Waals surface area contributed by atoms with Crippen molar-refractivity contribution in [2.75, 3.05) is 65.4 Å². The number of benzene rings is 4. The van der Waals surface area contributed by atoms with E-state index in [1.807, 2.05) is 27.7 Å². The van der Waals surface area contributed by atoms with Crippen LogP contribution in [0.3, 0.4) is 0 Å². The number of unbranched alkanes of at least 4 members (excludes halogenated alkanes) is 2. The summed E-state index contributed by atoms with van der Waals surface area (Å²) in [5.74, 6) is 0. The number of nitrogens with zero attached hydrogens (tertiary/aromatic N) is 4. The summed E-state index contributed by atoms with van der Waals surface area (Å²) in [6.45, 7) is 14.2. The zero-order valence-electron chi connectivity index (χ0n) is 37.7. The smallest absolute Gasteiger partial charge is 0.243 e. The van der Waals surface area contributed by atoms with Crippen LogP contribution in [0.1, 0.15) is 74.6 Å². The second kappa shape index (κ2) is 24.1. The number of sulfonamides is 4. The van der Waals surface area contributed by atoms with Gasteiger partial charge in [-0.2, -0.15) is 17.2 Å². The van der Waals surface area contributed by atoms with Gasteiger partial charge in [-0.1, -0.05) is 84.6 Å². The average molecular weight is 946 g/mol. The summed E-state index contributed by atoms with van der Waals surface area (Å²) in [4.78, 5) is 0.858. The van der Waals surface area contributed by atoms with E-state index in [0.717, 1.165) is 22.3 Å². The van der Waals surface area contributed by atoms with Crippen LogP contribution in [0.5, 0.6) is 0 Å². The van der Waals surface area contributed by atoms with E-state index in [2.05, 4.69) is 5.32 Å². The first kappa shape index (κ1) is 52.1. The van der Waals surface area contributed by atoms with Crippen molar-refractivity contribution < 1.29 is 33.7 Å². The molecule has 0 spiro atoms. The molecule has 0 bridgehead atoms. The van der Waals surface area contributed by atoms with Crippen molar-refractivity contribution >= 4 is 40.1 Å². The Morgan fingerprint density at radius 1 is 0.333 bits per heavy atom. The Morgan fingerprint density at radius 3 is 0.778 bits per heavy atom. The summed E-state index contributed by atoms with van der Waals surface area (Å²) < 4.78 is 114. The van der Waals surface area contributed by atoms with Crippen LogP contribution in [0.2, 0.25) is 0 Å². The highest BCUT2D eigenvalue weighted by Crippen LogP contribution is 2.22. The Morgan fingerprint density at radius 2 is 0.540 bits per heavy atom. The molecule has 0 unspecified atom stereocenters. The van der Waals surface area contributed by atoms with E-state index in [1.54, 1.807) is 111 Å². The van der Waals surface area contributed by atoms with E-state index in [0.29, 0.717) is 64.7 Å². The number of aryl methyl sites for hydroxylation is 4. The molecule has 13 nitrogen and oxygen atoms in total. The molecule has 0 amide bonds. The minimum Gasteiger partial charge on any atom is -0.317 e. The van der Waals surface area contributed by atoms with Crippen LogP contribution in [0.15, 0.2) is 117 Å². The van der Waals surface area contributed by atoms with Gasteiger partial charge in [0.05, 0.1) is 19.6 Å². The van der Waals surface area contributed by atoms with Gasteiger partial charge in [0.1, 0.15) is 0 Å². The quantitative estimate of drug-likeness (QED) is 0.0594. The second-order valence-corrected chi connectivity index (χ2v) is 23.7. The van der Waals surface area contributed by atoms with Crippen molar-refractivity contribution in [3.63, 3.8) is 0 Å². The zero-order chi connectivity index (χ0) is 46.3. The van der Waals surface area contributed by atoms with E-state index >= 15 is 0 Å². The highest BCUT2D eigenvalue weighted by atomic mass is 32.2. The summed E-state index contributed by atoms with van der Waals surface area (Å²) in [6, 6.07) is 27.0. The van der Waals surface area contributed by atoms with Gasteiger partial charge in [-0.3, -0.25) is 0 Å². The Balaban J connectivity index is 1.33. The number of nitrogens with one attached hydrogen (secondary N) is 1. The average Bonchev–Trinajstić information content (AvgIpc) is 3.24. The van der Waals surface area contributed by atoms with Crippen molar-refractivity contribution in [2.45, 2.75) is 99.6 Å². The third-order valence-corrected chi connectivity index (χ3v) is 18.8. The molecule has 17 heteroatoms. The molecule has 0 aliphatic carbocycles. The molecule has 0 aliphatic rings. The van der Waals surface area contributed by atoms with Crippen molar-refractivity contribution in [3.05, 3.63) is 119 Å². The maximum atomic E-state index is 13.9. The monoisotopic (exact) mass is 945 g/mol. The van der Waals surface area contributed by atoms with Crippen molar-refractivity contribution in [1.29, 1.82) is 0 Å². The SMILES string of the molecule is CCN(CCCCN(CCCNCCCN(CCCCN(CC)S(=O)(=O)c1ccc(C)cc1)S(=O)(=O)c1ccc(C)cc1)S(=O)(=O)c1ccc(C)cc1)S(=O)(=O)c1ccc(C)cc1. The fourth-order valence-electron chi connectivity index (χ4n) is 7.08. The molecule has 0 aromatic heterocycles. The predicted molar refractivity (Wildman–Crippen MR) is 252 cm³/mol. The zero-order valence-corrected chi connectivity index (χ0v) is 41.0. The van der Waals surface area contributed by atoms with Crippen molar-refractivity contribution in [3.8, 4) is 0 Å². The van der Waals surface area contributed by atoms with Gasteiger partial charge in [-0.05, 0) is 128 Å². The molecule has 4 rings (SSSR count). The molecule has 0 saturated carbocycles. The van der Waals surface area contributed by atoms with Crippen LogP contribution < -0.4 is 5.32 Å². The van der Waals surface area contributed by atoms with Crippen LogP contribution in [-0.4, -0.2) is 116 Å². The Bertz CT molecular complexity index is 2290. The Kier molecular flexibility index (Phi) is 20.0. The van der Waals surface area contributed by atoms with Crippen LogP contribution in [0, 0.1) is 27.7 Å². The van der Waals surface area contributed by atoms with Gasteiger partial charge in [-0.15, -0.1) is 0 Å². The van der Waals surface area contributed by atoms with E-state index in [9.17, 15) is 33.7 Å². The van der Waals surface area contributed by atoms with E-state index < -0.39 is 40.1 Å². The first-order chi connectivity index (χ1) is 29.8. The highest BCUT2D eigenvalue weighted by molar-refractivity contribution is 7.90. The molecule has 1 N–H and O–H groups in total. The summed E-state index contributed by atoms with van der Waals surface area (Å²) in [6.07, 6.45) is 2.87. The number of hydrogen-bond acceptors (Lipinski definition) is 9. The van der Waals surface area contributed by atoms with E-state index in [4.69, 9.17) is 0 Å². The van der Waals surface area contributed by atoms with Crippen LogP contribution in [0.25, 0.3) is 0 Å². The standard InChI is InChI=1S/C46H67N5O8S4/c1-7-48(60(52,53)43-23-15-39(3)16-24-43)33-9-11-35-50(62(56,57)45-27-19-41(5)20-28-45)37-13-31-47-32-14-38-51(63(58,59)46-29-21-42(6)22-30-46)36-12-10-34-49(8-2)61(54,55)44-25-17-40(4)18-26-44/h15-30,47H,7-14,31-38H2,1-6H3. The summed E-state index contributed by atoms with van der Waals surface area (Å²) >= 11 is 0. The fourth-order valence-corrected chi connectivity index (χ4v) is 13.1. The number of hydrogen-bond donors (Lipinski definition) is 1. The van der Waals surface area contributed by atoms with Crippen LogP contribution in [0.4, 0.5) is 0 Å². The third kappa shape index (κ3) is 14.7. The van der Waals surface area contributed by atoms with Gasteiger partial charge in [0.25, 0.3) is 0 Å². The van der Waals surface area contributed by atoms with Gasteiger partial charge < -0.3 is 5.32 Å². The van der Waals surface area contributed by atoms with Gasteiger partial charge in [-0.25, -0.2) is 33.7 Å². The lowest BCUT2D eigenvalue weighted by atomic mass is 10.2.